The topological polar surface area (TPSA) is 76.4 Å². The number of benzene rings is 2. The third-order valence-electron chi connectivity index (χ3n) is 2.94. The Morgan fingerprint density at radius 3 is 2.44 bits per heavy atom. The average molecular weight is 407 g/mol. The summed E-state index contributed by atoms with van der Waals surface area (Å²) in [5, 5.41) is 15.6. The molecule has 0 bridgehead atoms. The molecule has 0 saturated carbocycles. The van der Waals surface area contributed by atoms with Gasteiger partial charge in [-0.15, -0.1) is 0 Å². The van der Waals surface area contributed by atoms with Crippen LogP contribution in [0, 0.1) is 21.7 Å². The molecule has 6 nitrogen and oxygen atoms in total. The van der Waals surface area contributed by atoms with Crippen molar-refractivity contribution in [2.75, 3.05) is 17.2 Å². The lowest BCUT2D eigenvalue weighted by atomic mass is 10.2. The van der Waals surface area contributed by atoms with Crippen LogP contribution in [0.2, 0.25) is 0 Å². The molecule has 144 valence electrons. The van der Waals surface area contributed by atoms with E-state index in [4.69, 9.17) is 12.2 Å². The van der Waals surface area contributed by atoms with Crippen LogP contribution in [0.25, 0.3) is 0 Å². The van der Waals surface area contributed by atoms with Crippen LogP contribution in [-0.4, -0.2) is 22.8 Å². The zero-order valence-corrected chi connectivity index (χ0v) is 14.0. The van der Waals surface area contributed by atoms with Gasteiger partial charge in [0, 0.05) is 18.2 Å². The Bertz CT molecular complexity index is 876. The molecule has 2 aromatic carbocycles. The molecule has 0 saturated heterocycles. The molecule has 2 N–H and O–H groups in total. The van der Waals surface area contributed by atoms with Gasteiger partial charge in [0.1, 0.15) is 17.4 Å². The molecule has 0 fully saturated rings. The highest BCUT2D eigenvalue weighted by Gasteiger charge is 2.28. The third kappa shape index (κ3) is 6.33. The van der Waals surface area contributed by atoms with Gasteiger partial charge in [0.2, 0.25) is 0 Å². The predicted octanol–water partition coefficient (Wildman–Crippen LogP) is 4.62. The number of non-ortho nitro benzene ring substituents is 1. The van der Waals surface area contributed by atoms with Crippen LogP contribution in [0.4, 0.5) is 39.0 Å². The van der Waals surface area contributed by atoms with Crippen molar-refractivity contribution in [3.63, 3.8) is 0 Å². The first-order valence-corrected chi connectivity index (χ1v) is 7.46. The second kappa shape index (κ2) is 8.12. The molecule has 0 aliphatic heterocycles. The summed E-state index contributed by atoms with van der Waals surface area (Å²) in [6.07, 6.45) is -4.63. The Hall–Kier alpha value is -3.02. The van der Waals surface area contributed by atoms with Crippen LogP contribution in [0.5, 0.6) is 5.75 Å². The van der Waals surface area contributed by atoms with Crippen LogP contribution < -0.4 is 15.4 Å². The molecule has 0 spiro atoms. The van der Waals surface area contributed by atoms with E-state index in [1.54, 1.807) is 0 Å². The predicted molar refractivity (Wildman–Crippen MR) is 90.8 cm³/mol. The number of anilines is 2. The molecule has 2 aromatic rings. The summed E-state index contributed by atoms with van der Waals surface area (Å²) in [4.78, 5) is 10.1. The normalized spacial score (nSPS) is 11.0. The summed E-state index contributed by atoms with van der Waals surface area (Å²) in [5.74, 6) is -2.16. The molecule has 0 radical (unpaired) electrons. The number of halogens is 5. The number of nitro groups is 1. The van der Waals surface area contributed by atoms with Gasteiger partial charge in [0.25, 0.3) is 5.69 Å². The average Bonchev–Trinajstić information content (AvgIpc) is 2.54. The highest BCUT2D eigenvalue weighted by Crippen LogP contribution is 2.28. The van der Waals surface area contributed by atoms with Gasteiger partial charge in [0.15, 0.2) is 11.7 Å². The summed E-state index contributed by atoms with van der Waals surface area (Å²) in [7, 11) is 0. The Morgan fingerprint density at radius 2 is 1.85 bits per heavy atom. The number of rotatable bonds is 5. The summed E-state index contributed by atoms with van der Waals surface area (Å²) >= 11 is 4.91. The van der Waals surface area contributed by atoms with Crippen LogP contribution in [0.3, 0.4) is 0 Å². The maximum atomic E-state index is 13.6. The first-order valence-electron chi connectivity index (χ1n) is 7.05. The maximum absolute atomic E-state index is 13.6. The lowest BCUT2D eigenvalue weighted by molar-refractivity contribution is -0.384. The van der Waals surface area contributed by atoms with Crippen molar-refractivity contribution in [3.05, 3.63) is 58.1 Å². The number of hydrogen-bond acceptors (Lipinski definition) is 4. The van der Waals surface area contributed by atoms with E-state index >= 15 is 0 Å². The van der Waals surface area contributed by atoms with E-state index in [-0.39, 0.29) is 16.5 Å². The summed E-state index contributed by atoms with van der Waals surface area (Å²) in [6, 6.07) is 5.52. The number of ether oxygens (including phenoxy) is 1. The molecular formula is C15H10F5N3O3S. The second-order valence-corrected chi connectivity index (χ2v) is 5.49. The molecule has 0 aromatic heterocycles. The van der Waals surface area contributed by atoms with Crippen molar-refractivity contribution in [2.45, 2.75) is 6.18 Å². The minimum absolute atomic E-state index is 0.0682. The van der Waals surface area contributed by atoms with Gasteiger partial charge in [-0.3, -0.25) is 10.1 Å². The first-order chi connectivity index (χ1) is 12.5. The maximum Gasteiger partial charge on any atom is 0.422 e. The van der Waals surface area contributed by atoms with Crippen molar-refractivity contribution in [1.82, 2.24) is 0 Å². The largest absolute Gasteiger partial charge is 0.484 e. The Kier molecular flexibility index (Phi) is 6.10. The van der Waals surface area contributed by atoms with E-state index in [1.807, 2.05) is 0 Å². The number of nitrogens with one attached hydrogen (secondary N) is 2. The number of thiocarbonyl (C=S) groups is 1. The van der Waals surface area contributed by atoms with Crippen molar-refractivity contribution in [3.8, 4) is 5.75 Å². The standard InChI is InChI=1S/C15H10F5N3O3S/c16-8-1-2-13(12(17)3-8)22-14(27)21-9-4-10(23(24)25)6-11(5-9)26-7-15(18,19)20/h1-6H,7H2,(H2,21,22,27). The highest BCUT2D eigenvalue weighted by atomic mass is 32.1. The van der Waals surface area contributed by atoms with E-state index in [9.17, 15) is 32.1 Å². The summed E-state index contributed by atoms with van der Waals surface area (Å²) in [6.45, 7) is -1.64. The Labute approximate surface area is 154 Å². The molecule has 2 rings (SSSR count). The zero-order chi connectivity index (χ0) is 20.2. The monoisotopic (exact) mass is 407 g/mol. The quantitative estimate of drug-likeness (QED) is 0.326. The van der Waals surface area contributed by atoms with E-state index in [2.05, 4.69) is 15.4 Å². The first kappa shape index (κ1) is 20.3. The lowest BCUT2D eigenvalue weighted by Gasteiger charge is -2.13. The van der Waals surface area contributed by atoms with Crippen LogP contribution >= 0.6 is 12.2 Å². The summed E-state index contributed by atoms with van der Waals surface area (Å²) < 4.78 is 67.7. The van der Waals surface area contributed by atoms with Crippen LogP contribution in [0.1, 0.15) is 0 Å². The van der Waals surface area contributed by atoms with Gasteiger partial charge in [-0.25, -0.2) is 8.78 Å². The molecule has 27 heavy (non-hydrogen) atoms. The van der Waals surface area contributed by atoms with E-state index in [0.717, 1.165) is 30.3 Å². The lowest BCUT2D eigenvalue weighted by Crippen LogP contribution is -2.21. The smallest absolute Gasteiger partial charge is 0.422 e. The minimum atomic E-state index is -4.63. The molecular weight excluding hydrogens is 397 g/mol. The van der Waals surface area contributed by atoms with Gasteiger partial charge < -0.3 is 15.4 Å². The second-order valence-electron chi connectivity index (χ2n) is 5.08. The minimum Gasteiger partial charge on any atom is -0.484 e. The molecule has 0 unspecified atom stereocenters. The van der Waals surface area contributed by atoms with Crippen molar-refractivity contribution in [1.29, 1.82) is 0 Å². The number of nitrogens with zero attached hydrogens (tertiary/aromatic N) is 1. The van der Waals surface area contributed by atoms with E-state index in [1.165, 1.54) is 0 Å². The fraction of sp³-hybridized carbons (Fsp3) is 0.133. The number of nitro benzene ring substituents is 1. The molecule has 0 aliphatic rings. The molecule has 12 heteroatoms. The number of alkyl halides is 3. The van der Waals surface area contributed by atoms with Crippen molar-refractivity contribution in [2.24, 2.45) is 0 Å². The van der Waals surface area contributed by atoms with Gasteiger partial charge in [-0.2, -0.15) is 13.2 Å². The van der Waals surface area contributed by atoms with E-state index < -0.39 is 40.8 Å². The SMILES string of the molecule is O=[N+]([O-])c1cc(NC(=S)Nc2ccc(F)cc2F)cc(OCC(F)(F)F)c1. The summed E-state index contributed by atoms with van der Waals surface area (Å²) in [5.41, 5.74) is -0.790. The molecule has 0 aliphatic carbocycles. The fourth-order valence-corrected chi connectivity index (χ4v) is 2.11. The highest BCUT2D eigenvalue weighted by molar-refractivity contribution is 7.80. The van der Waals surface area contributed by atoms with Crippen molar-refractivity contribution >= 4 is 34.4 Å². The molecule has 0 amide bonds. The molecule has 0 heterocycles. The Balaban J connectivity index is 2.17. The van der Waals surface area contributed by atoms with Gasteiger partial charge in [-0.1, -0.05) is 0 Å². The van der Waals surface area contributed by atoms with Crippen LogP contribution in [-0.2, 0) is 0 Å². The fourth-order valence-electron chi connectivity index (χ4n) is 1.88. The third-order valence-corrected chi connectivity index (χ3v) is 3.15. The van der Waals surface area contributed by atoms with Crippen LogP contribution in [0.15, 0.2) is 36.4 Å². The van der Waals surface area contributed by atoms with Gasteiger partial charge >= 0.3 is 6.18 Å². The molecule has 0 atom stereocenters. The zero-order valence-electron chi connectivity index (χ0n) is 13.1. The van der Waals surface area contributed by atoms with Gasteiger partial charge in [0.05, 0.1) is 22.4 Å². The number of hydrogen-bond donors (Lipinski definition) is 2. The van der Waals surface area contributed by atoms with E-state index in [0.29, 0.717) is 6.07 Å². The van der Waals surface area contributed by atoms with Crippen molar-refractivity contribution < 1.29 is 31.6 Å². The Morgan fingerprint density at radius 1 is 1.15 bits per heavy atom. The van der Waals surface area contributed by atoms with Gasteiger partial charge in [-0.05, 0) is 24.4 Å².